The van der Waals surface area contributed by atoms with Gasteiger partial charge in [0.2, 0.25) is 11.8 Å². The molecule has 1 saturated heterocycles. The van der Waals surface area contributed by atoms with E-state index in [4.69, 9.17) is 5.84 Å². The van der Waals surface area contributed by atoms with Gasteiger partial charge in [-0.1, -0.05) is 11.3 Å². The zero-order valence-corrected chi connectivity index (χ0v) is 12.1. The van der Waals surface area contributed by atoms with Crippen molar-refractivity contribution in [2.75, 3.05) is 13.1 Å². The molecule has 0 saturated carbocycles. The minimum atomic E-state index is -0.179. The molecule has 2 amide bonds. The number of amides is 2. The van der Waals surface area contributed by atoms with Crippen molar-refractivity contribution in [2.24, 2.45) is 11.8 Å². The van der Waals surface area contributed by atoms with E-state index in [9.17, 15) is 14.4 Å². The van der Waals surface area contributed by atoms with Crippen LogP contribution in [0.3, 0.4) is 0 Å². The second-order valence-electron chi connectivity index (χ2n) is 4.89. The Morgan fingerprint density at radius 1 is 1.45 bits per heavy atom. The molecule has 3 N–H and O–H groups in total. The van der Waals surface area contributed by atoms with Gasteiger partial charge in [0.15, 0.2) is 0 Å². The molecule has 8 heteroatoms. The van der Waals surface area contributed by atoms with E-state index in [2.05, 4.69) is 5.43 Å². The van der Waals surface area contributed by atoms with Crippen molar-refractivity contribution in [2.45, 2.75) is 26.3 Å². The van der Waals surface area contributed by atoms with E-state index in [0.717, 1.165) is 17.0 Å². The maximum atomic E-state index is 12.2. The molecule has 1 aliphatic heterocycles. The van der Waals surface area contributed by atoms with E-state index >= 15 is 0 Å². The number of carbonyl (C=O) groups is 2. The zero-order chi connectivity index (χ0) is 14.7. The summed E-state index contributed by atoms with van der Waals surface area (Å²) in [5.41, 5.74) is 2.94. The highest BCUT2D eigenvalue weighted by Gasteiger charge is 2.27. The second-order valence-corrected chi connectivity index (χ2v) is 5.71. The molecule has 7 nitrogen and oxygen atoms in total. The molecule has 1 aliphatic rings. The first-order valence-electron chi connectivity index (χ1n) is 6.46. The normalized spacial score (nSPS) is 16.2. The maximum absolute atomic E-state index is 12.2. The fraction of sp³-hybridized carbons (Fsp3) is 0.583. The number of piperidine rings is 1. The number of aryl methyl sites for hydroxylation is 1. The van der Waals surface area contributed by atoms with Crippen LogP contribution in [0, 0.1) is 12.8 Å². The van der Waals surface area contributed by atoms with Crippen LogP contribution in [0.15, 0.2) is 10.2 Å². The molecule has 0 radical (unpaired) electrons. The lowest BCUT2D eigenvalue weighted by Crippen LogP contribution is -2.45. The quantitative estimate of drug-likeness (QED) is 0.444. The Bertz CT molecular complexity index is 557. The van der Waals surface area contributed by atoms with Gasteiger partial charge in [0.1, 0.15) is 6.54 Å². The minimum Gasteiger partial charge on any atom is -0.341 e. The van der Waals surface area contributed by atoms with Crippen molar-refractivity contribution in [1.82, 2.24) is 14.9 Å². The molecule has 0 spiro atoms. The molecule has 1 aromatic rings. The molecule has 2 heterocycles. The predicted molar refractivity (Wildman–Crippen MR) is 75.0 cm³/mol. The third-order valence-corrected chi connectivity index (χ3v) is 4.51. The number of aromatic nitrogens is 1. The summed E-state index contributed by atoms with van der Waals surface area (Å²) in [5, 5.41) is 1.74. The first-order chi connectivity index (χ1) is 9.52. The van der Waals surface area contributed by atoms with E-state index in [1.807, 2.05) is 6.92 Å². The number of hydrogen-bond acceptors (Lipinski definition) is 5. The summed E-state index contributed by atoms with van der Waals surface area (Å²) in [6.45, 7) is 2.93. The van der Waals surface area contributed by atoms with Gasteiger partial charge in [0, 0.05) is 30.1 Å². The van der Waals surface area contributed by atoms with Gasteiger partial charge in [0.05, 0.1) is 0 Å². The molecule has 0 atom stereocenters. The van der Waals surface area contributed by atoms with Gasteiger partial charge in [-0.25, -0.2) is 5.84 Å². The monoisotopic (exact) mass is 298 g/mol. The minimum absolute atomic E-state index is 0.0713. The lowest BCUT2D eigenvalue weighted by Gasteiger charge is -2.31. The third kappa shape index (κ3) is 3.07. The van der Waals surface area contributed by atoms with Crippen LogP contribution in [0.2, 0.25) is 0 Å². The largest absolute Gasteiger partial charge is 0.341 e. The summed E-state index contributed by atoms with van der Waals surface area (Å²) in [6.07, 6.45) is 1.21. The smallest absolute Gasteiger partial charge is 0.307 e. The number of nitrogens with two attached hydrogens (primary N) is 1. The van der Waals surface area contributed by atoms with Crippen molar-refractivity contribution in [3.63, 3.8) is 0 Å². The predicted octanol–water partition coefficient (Wildman–Crippen LogP) is -0.553. The van der Waals surface area contributed by atoms with Gasteiger partial charge >= 0.3 is 4.87 Å². The van der Waals surface area contributed by atoms with Gasteiger partial charge in [-0.3, -0.25) is 24.4 Å². The van der Waals surface area contributed by atoms with E-state index < -0.39 is 0 Å². The fourth-order valence-corrected chi connectivity index (χ4v) is 3.07. The standard InChI is InChI=1S/C12H18N4O3S/c1-8-7-20-12(19)16(8)6-10(17)15-4-2-9(3-5-15)11(18)14-13/h7,9H,2-6,13H2,1H3,(H,14,18). The van der Waals surface area contributed by atoms with Crippen molar-refractivity contribution < 1.29 is 9.59 Å². The maximum Gasteiger partial charge on any atom is 0.307 e. The fourth-order valence-electron chi connectivity index (χ4n) is 2.34. The first kappa shape index (κ1) is 14.7. The highest BCUT2D eigenvalue weighted by molar-refractivity contribution is 7.07. The first-order valence-corrected chi connectivity index (χ1v) is 7.34. The molecule has 0 aliphatic carbocycles. The Kier molecular flexibility index (Phi) is 4.56. The summed E-state index contributed by atoms with van der Waals surface area (Å²) in [5.74, 6) is 4.71. The van der Waals surface area contributed by atoms with Crippen molar-refractivity contribution in [1.29, 1.82) is 0 Å². The average Bonchev–Trinajstić information content (AvgIpc) is 2.78. The summed E-state index contributed by atoms with van der Waals surface area (Å²) in [6, 6.07) is 0. The Balaban J connectivity index is 1.93. The van der Waals surface area contributed by atoms with Crippen molar-refractivity contribution in [3.8, 4) is 0 Å². The number of hydrazine groups is 1. The summed E-state index contributed by atoms with van der Waals surface area (Å²) < 4.78 is 1.48. The second kappa shape index (κ2) is 6.19. The molecular formula is C12H18N4O3S. The third-order valence-electron chi connectivity index (χ3n) is 3.63. The van der Waals surface area contributed by atoms with Crippen LogP contribution in [-0.2, 0) is 16.1 Å². The SMILES string of the molecule is Cc1csc(=O)n1CC(=O)N1CCC(C(=O)NN)CC1. The van der Waals surface area contributed by atoms with Crippen molar-refractivity contribution >= 4 is 23.2 Å². The Hall–Kier alpha value is -1.67. The van der Waals surface area contributed by atoms with Crippen LogP contribution >= 0.6 is 11.3 Å². The van der Waals surface area contributed by atoms with Crippen LogP contribution in [0.25, 0.3) is 0 Å². The van der Waals surface area contributed by atoms with E-state index in [-0.39, 0.29) is 29.1 Å². The summed E-state index contributed by atoms with van der Waals surface area (Å²) >= 11 is 1.10. The number of nitrogens with zero attached hydrogens (tertiary/aromatic N) is 2. The number of thiazole rings is 1. The number of likely N-dealkylation sites (tertiary alicyclic amines) is 1. The van der Waals surface area contributed by atoms with Gasteiger partial charge < -0.3 is 4.90 Å². The van der Waals surface area contributed by atoms with Crippen LogP contribution in [0.1, 0.15) is 18.5 Å². The average molecular weight is 298 g/mol. The molecule has 0 bridgehead atoms. The van der Waals surface area contributed by atoms with Gasteiger partial charge in [-0.15, -0.1) is 0 Å². The molecule has 110 valence electrons. The molecule has 0 unspecified atom stereocenters. The van der Waals surface area contributed by atoms with Gasteiger partial charge in [-0.05, 0) is 19.8 Å². The van der Waals surface area contributed by atoms with Gasteiger partial charge in [-0.2, -0.15) is 0 Å². The Labute approximate surface area is 120 Å². The summed E-state index contributed by atoms with van der Waals surface area (Å²) in [7, 11) is 0. The molecule has 0 aromatic carbocycles. The number of carbonyl (C=O) groups excluding carboxylic acids is 2. The topological polar surface area (TPSA) is 97.4 Å². The van der Waals surface area contributed by atoms with Crippen LogP contribution in [-0.4, -0.2) is 34.4 Å². The zero-order valence-electron chi connectivity index (χ0n) is 11.3. The summed E-state index contributed by atoms with van der Waals surface area (Å²) in [4.78, 5) is 36.7. The Morgan fingerprint density at radius 2 is 2.10 bits per heavy atom. The van der Waals surface area contributed by atoms with Crippen LogP contribution in [0.4, 0.5) is 0 Å². The van der Waals surface area contributed by atoms with Crippen LogP contribution < -0.4 is 16.1 Å². The van der Waals surface area contributed by atoms with E-state index in [0.29, 0.717) is 25.9 Å². The molecule has 1 aromatic heterocycles. The number of nitrogens with one attached hydrogen (secondary N) is 1. The molecule has 20 heavy (non-hydrogen) atoms. The van der Waals surface area contributed by atoms with Gasteiger partial charge in [0.25, 0.3) is 0 Å². The lowest BCUT2D eigenvalue weighted by atomic mass is 9.96. The number of rotatable bonds is 3. The Morgan fingerprint density at radius 3 is 2.60 bits per heavy atom. The molecular weight excluding hydrogens is 280 g/mol. The highest BCUT2D eigenvalue weighted by Crippen LogP contribution is 2.17. The molecule has 2 rings (SSSR count). The van der Waals surface area contributed by atoms with E-state index in [1.54, 1.807) is 10.3 Å². The van der Waals surface area contributed by atoms with Crippen LogP contribution in [0.5, 0.6) is 0 Å². The highest BCUT2D eigenvalue weighted by atomic mass is 32.1. The van der Waals surface area contributed by atoms with E-state index in [1.165, 1.54) is 4.57 Å². The van der Waals surface area contributed by atoms with Crippen molar-refractivity contribution in [3.05, 3.63) is 20.7 Å². The lowest BCUT2D eigenvalue weighted by molar-refractivity contribution is -0.136. The molecule has 1 fully saturated rings. The number of hydrogen-bond donors (Lipinski definition) is 2.